The molecule has 1 saturated heterocycles. The minimum absolute atomic E-state index is 0.0655. The molecule has 2 heterocycles. The van der Waals surface area contributed by atoms with Crippen molar-refractivity contribution in [3.63, 3.8) is 0 Å². The highest BCUT2D eigenvalue weighted by Gasteiger charge is 2.33. The number of amides is 1. The maximum Gasteiger partial charge on any atom is 0.246 e. The largest absolute Gasteiger partial charge is 0.337 e. The highest BCUT2D eigenvalue weighted by molar-refractivity contribution is 7.89. The molecule has 1 aromatic heterocycles. The predicted octanol–water partition coefficient (Wildman–Crippen LogP) is 3.45. The van der Waals surface area contributed by atoms with Crippen LogP contribution in [0, 0.1) is 5.92 Å². The average molecular weight is 475 g/mol. The average Bonchev–Trinajstić information content (AvgIpc) is 3.28. The summed E-state index contributed by atoms with van der Waals surface area (Å²) in [5, 5.41) is 4.53. The van der Waals surface area contributed by atoms with Gasteiger partial charge in [0.2, 0.25) is 27.6 Å². The van der Waals surface area contributed by atoms with Crippen LogP contribution in [0.4, 0.5) is 0 Å². The smallest absolute Gasteiger partial charge is 0.246 e. The fraction of sp³-hybridized carbons (Fsp3) is 0.318. The molecule has 0 unspecified atom stereocenters. The van der Waals surface area contributed by atoms with E-state index in [4.69, 9.17) is 16.1 Å². The molecule has 0 saturated carbocycles. The van der Waals surface area contributed by atoms with Crippen LogP contribution < -0.4 is 0 Å². The Hall–Kier alpha value is -2.75. The fourth-order valence-electron chi connectivity index (χ4n) is 3.74. The van der Waals surface area contributed by atoms with Crippen molar-refractivity contribution >= 4 is 27.5 Å². The number of hydrogen-bond acceptors (Lipinski definition) is 6. The normalized spacial score (nSPS) is 15.6. The summed E-state index contributed by atoms with van der Waals surface area (Å²) in [7, 11) is -1.86. The van der Waals surface area contributed by atoms with Gasteiger partial charge in [0.25, 0.3) is 0 Å². The molecule has 168 valence electrons. The van der Waals surface area contributed by atoms with Crippen LogP contribution in [0.3, 0.4) is 0 Å². The van der Waals surface area contributed by atoms with Gasteiger partial charge in [-0.25, -0.2) is 8.42 Å². The van der Waals surface area contributed by atoms with Crippen molar-refractivity contribution < 1.29 is 17.7 Å². The van der Waals surface area contributed by atoms with Gasteiger partial charge in [-0.1, -0.05) is 47.1 Å². The number of rotatable bonds is 6. The quantitative estimate of drug-likeness (QED) is 0.542. The molecule has 4 rings (SSSR count). The van der Waals surface area contributed by atoms with Crippen LogP contribution in [0.25, 0.3) is 11.4 Å². The van der Waals surface area contributed by atoms with Crippen LogP contribution in [0.5, 0.6) is 0 Å². The molecule has 3 aromatic rings. The van der Waals surface area contributed by atoms with Crippen molar-refractivity contribution in [1.82, 2.24) is 19.3 Å². The Balaban J connectivity index is 1.35. The number of carbonyl (C=O) groups is 1. The van der Waals surface area contributed by atoms with E-state index in [1.165, 1.54) is 4.31 Å². The van der Waals surface area contributed by atoms with Crippen LogP contribution in [0.15, 0.2) is 64.0 Å². The summed E-state index contributed by atoms with van der Waals surface area (Å²) >= 11 is 6.01. The first kappa shape index (κ1) is 22.4. The Bertz CT molecular complexity index is 1190. The molecule has 0 spiro atoms. The molecule has 0 radical (unpaired) electrons. The second-order valence-electron chi connectivity index (χ2n) is 7.71. The number of aromatic nitrogens is 2. The molecule has 1 aliphatic heterocycles. The number of piperidine rings is 1. The van der Waals surface area contributed by atoms with Gasteiger partial charge in [-0.3, -0.25) is 4.79 Å². The van der Waals surface area contributed by atoms with Crippen LogP contribution in [-0.4, -0.2) is 53.8 Å². The van der Waals surface area contributed by atoms with E-state index >= 15 is 0 Å². The van der Waals surface area contributed by atoms with E-state index in [0.717, 1.165) is 5.56 Å². The van der Waals surface area contributed by atoms with E-state index in [0.29, 0.717) is 42.7 Å². The molecule has 0 aliphatic carbocycles. The van der Waals surface area contributed by atoms with Crippen molar-refractivity contribution in [1.29, 1.82) is 0 Å². The summed E-state index contributed by atoms with van der Waals surface area (Å²) in [5.41, 5.74) is 0.730. The maximum absolute atomic E-state index is 12.9. The van der Waals surface area contributed by atoms with E-state index in [1.807, 2.05) is 6.07 Å². The van der Waals surface area contributed by atoms with Crippen molar-refractivity contribution in [3.05, 3.63) is 65.5 Å². The Labute approximate surface area is 191 Å². The van der Waals surface area contributed by atoms with Gasteiger partial charge < -0.3 is 9.42 Å². The number of carbonyl (C=O) groups excluding carboxylic acids is 1. The van der Waals surface area contributed by atoms with Gasteiger partial charge in [-0.2, -0.15) is 9.29 Å². The van der Waals surface area contributed by atoms with Gasteiger partial charge in [0, 0.05) is 36.6 Å². The Morgan fingerprint density at radius 1 is 1.16 bits per heavy atom. The van der Waals surface area contributed by atoms with Crippen LogP contribution in [0.2, 0.25) is 5.02 Å². The topological polar surface area (TPSA) is 96.6 Å². The van der Waals surface area contributed by atoms with E-state index in [2.05, 4.69) is 10.1 Å². The summed E-state index contributed by atoms with van der Waals surface area (Å²) < 4.78 is 32.3. The molecular weight excluding hydrogens is 452 g/mol. The molecule has 0 N–H and O–H groups in total. The summed E-state index contributed by atoms with van der Waals surface area (Å²) in [6.45, 7) is 0.789. The third-order valence-electron chi connectivity index (χ3n) is 5.48. The van der Waals surface area contributed by atoms with Crippen molar-refractivity contribution in [2.45, 2.75) is 24.3 Å². The predicted molar refractivity (Wildman–Crippen MR) is 119 cm³/mol. The lowest BCUT2D eigenvalue weighted by Crippen LogP contribution is -2.43. The van der Waals surface area contributed by atoms with Gasteiger partial charge in [0.1, 0.15) is 0 Å². The minimum atomic E-state index is -3.54. The van der Waals surface area contributed by atoms with Gasteiger partial charge in [-0.05, 0) is 37.1 Å². The lowest BCUT2D eigenvalue weighted by atomic mass is 9.97. The number of hydrogen-bond donors (Lipinski definition) is 0. The molecule has 10 heteroatoms. The highest BCUT2D eigenvalue weighted by atomic mass is 35.5. The van der Waals surface area contributed by atoms with E-state index in [-0.39, 0.29) is 23.3 Å². The molecule has 1 fully saturated rings. The second-order valence-corrected chi connectivity index (χ2v) is 10.1. The van der Waals surface area contributed by atoms with E-state index < -0.39 is 10.0 Å². The SMILES string of the molecule is CN(Cc1nc(-c2cccc(Cl)c2)no1)C(=O)C1CCN(S(=O)(=O)c2ccccc2)CC1. The van der Waals surface area contributed by atoms with Gasteiger partial charge in [-0.15, -0.1) is 0 Å². The highest BCUT2D eigenvalue weighted by Crippen LogP contribution is 2.25. The third-order valence-corrected chi connectivity index (χ3v) is 7.63. The minimum Gasteiger partial charge on any atom is -0.337 e. The van der Waals surface area contributed by atoms with Crippen molar-refractivity contribution in [2.75, 3.05) is 20.1 Å². The Kier molecular flexibility index (Phi) is 6.59. The lowest BCUT2D eigenvalue weighted by Gasteiger charge is -2.32. The number of benzene rings is 2. The lowest BCUT2D eigenvalue weighted by molar-refractivity contribution is -0.136. The molecular formula is C22H23ClN4O4S. The zero-order valence-corrected chi connectivity index (χ0v) is 19.1. The van der Waals surface area contributed by atoms with Crippen LogP contribution in [-0.2, 0) is 21.4 Å². The number of halogens is 1. The van der Waals surface area contributed by atoms with Crippen molar-refractivity contribution in [2.24, 2.45) is 5.92 Å². The van der Waals surface area contributed by atoms with E-state index in [9.17, 15) is 13.2 Å². The summed E-state index contributed by atoms with van der Waals surface area (Å²) in [4.78, 5) is 19.1. The van der Waals surface area contributed by atoms with Gasteiger partial charge in [0.05, 0.1) is 11.4 Å². The zero-order valence-electron chi connectivity index (χ0n) is 17.5. The molecule has 32 heavy (non-hydrogen) atoms. The number of nitrogens with zero attached hydrogens (tertiary/aromatic N) is 4. The van der Waals surface area contributed by atoms with Gasteiger partial charge >= 0.3 is 0 Å². The van der Waals surface area contributed by atoms with Crippen LogP contribution in [0.1, 0.15) is 18.7 Å². The first-order chi connectivity index (χ1) is 15.3. The summed E-state index contributed by atoms with van der Waals surface area (Å²) in [6, 6.07) is 15.5. The zero-order chi connectivity index (χ0) is 22.7. The van der Waals surface area contributed by atoms with Gasteiger partial charge in [0.15, 0.2) is 0 Å². The molecule has 8 nitrogen and oxygen atoms in total. The maximum atomic E-state index is 12.9. The summed E-state index contributed by atoms with van der Waals surface area (Å²) in [6.07, 6.45) is 0.930. The molecule has 1 amide bonds. The first-order valence-electron chi connectivity index (χ1n) is 10.2. The standard InChI is InChI=1S/C22H23ClN4O4S/c1-26(15-20-24-21(25-31-20)17-6-5-7-18(23)14-17)22(28)16-10-12-27(13-11-16)32(29,30)19-8-3-2-4-9-19/h2-9,14,16H,10-13,15H2,1H3. The molecule has 2 aromatic carbocycles. The molecule has 0 atom stereocenters. The van der Waals surface area contributed by atoms with Crippen LogP contribution >= 0.6 is 11.6 Å². The monoisotopic (exact) mass is 474 g/mol. The third kappa shape index (κ3) is 4.85. The Morgan fingerprint density at radius 3 is 2.56 bits per heavy atom. The Morgan fingerprint density at radius 2 is 1.88 bits per heavy atom. The first-order valence-corrected chi connectivity index (χ1v) is 12.0. The fourth-order valence-corrected chi connectivity index (χ4v) is 5.42. The summed E-state index contributed by atoms with van der Waals surface area (Å²) in [5.74, 6) is 0.407. The second kappa shape index (κ2) is 9.40. The number of sulfonamides is 1. The molecule has 0 bridgehead atoms. The van der Waals surface area contributed by atoms with Crippen molar-refractivity contribution in [3.8, 4) is 11.4 Å². The molecule has 1 aliphatic rings. The van der Waals surface area contributed by atoms with E-state index in [1.54, 1.807) is 60.5 Å².